The van der Waals surface area contributed by atoms with E-state index in [9.17, 15) is 9.59 Å². The molecule has 0 spiro atoms. The smallest absolute Gasteiger partial charge is 0.253 e. The van der Waals surface area contributed by atoms with Crippen LogP contribution in [0.4, 0.5) is 0 Å². The number of hydrogen-bond acceptors (Lipinski definition) is 9. The summed E-state index contributed by atoms with van der Waals surface area (Å²) in [5, 5.41) is 20.8. The lowest BCUT2D eigenvalue weighted by molar-refractivity contribution is -0.130. The normalized spacial score (nSPS) is 14.2. The van der Waals surface area contributed by atoms with E-state index >= 15 is 0 Å². The van der Waals surface area contributed by atoms with Gasteiger partial charge in [-0.2, -0.15) is 5.10 Å². The van der Waals surface area contributed by atoms with Crippen molar-refractivity contribution in [1.82, 2.24) is 25.1 Å². The number of thioether (sulfide) groups is 1. The molecule has 1 aliphatic heterocycles. The molecule has 3 aromatic carbocycles. The van der Waals surface area contributed by atoms with E-state index in [-0.39, 0.29) is 30.2 Å². The number of para-hydroxylation sites is 1. The summed E-state index contributed by atoms with van der Waals surface area (Å²) in [4.78, 5) is 27.9. The van der Waals surface area contributed by atoms with Gasteiger partial charge in [0.2, 0.25) is 0 Å². The fourth-order valence-corrected chi connectivity index (χ4v) is 7.04. The summed E-state index contributed by atoms with van der Waals surface area (Å²) in [6, 6.07) is 24.4. The highest BCUT2D eigenvalue weighted by atomic mass is 32.2. The van der Waals surface area contributed by atoms with E-state index in [2.05, 4.69) is 21.6 Å². The van der Waals surface area contributed by atoms with E-state index in [1.54, 1.807) is 42.7 Å². The van der Waals surface area contributed by atoms with Crippen molar-refractivity contribution in [1.29, 1.82) is 0 Å². The average Bonchev–Trinajstić information content (AvgIpc) is 3.87. The summed E-state index contributed by atoms with van der Waals surface area (Å²) in [7, 11) is 3.19. The van der Waals surface area contributed by atoms with Gasteiger partial charge in [0, 0.05) is 17.5 Å². The minimum absolute atomic E-state index is 0.0589. The van der Waals surface area contributed by atoms with Crippen LogP contribution in [0.15, 0.2) is 94.5 Å². The third-order valence-electron chi connectivity index (χ3n) is 7.84. The Hall–Kier alpha value is -4.94. The molecule has 5 aromatic rings. The Morgan fingerprint density at radius 1 is 0.979 bits per heavy atom. The summed E-state index contributed by atoms with van der Waals surface area (Å²) >= 11 is 2.87. The van der Waals surface area contributed by atoms with E-state index in [0.717, 1.165) is 33.0 Å². The van der Waals surface area contributed by atoms with Crippen LogP contribution < -0.4 is 14.8 Å². The zero-order chi connectivity index (χ0) is 32.9. The molecule has 0 saturated carbocycles. The van der Waals surface area contributed by atoms with Crippen molar-refractivity contribution in [3.63, 3.8) is 0 Å². The van der Waals surface area contributed by atoms with E-state index in [4.69, 9.17) is 14.6 Å². The lowest BCUT2D eigenvalue weighted by Crippen LogP contribution is -2.29. The van der Waals surface area contributed by atoms with Crippen molar-refractivity contribution in [3.05, 3.63) is 117 Å². The first-order chi connectivity index (χ1) is 22.9. The number of ether oxygens (including phenoxy) is 2. The number of methoxy groups -OCH3 is 2. The standard InChI is InChI=1S/C35H34N6O4S2/c1-22-15-16-23(2)27(18-22)40-31(20-36-34(43)24-10-6-5-7-11-24)37-38-35(40)47-21-32(42)41-28(19-26(39-41)30-14-9-17-46-30)25-12-8-13-29(44-3)33(25)45-4/h5-18,28H,19-21H2,1-4H3,(H,36,43)/t28-/m1/s1. The molecule has 0 saturated heterocycles. The van der Waals surface area contributed by atoms with Crippen LogP contribution >= 0.6 is 23.1 Å². The highest BCUT2D eigenvalue weighted by Gasteiger charge is 2.36. The molecule has 6 rings (SSSR count). The van der Waals surface area contributed by atoms with Crippen LogP contribution in [0.25, 0.3) is 5.69 Å². The maximum Gasteiger partial charge on any atom is 0.253 e. The molecule has 0 bridgehead atoms. The number of amides is 2. The number of hydrogen-bond donors (Lipinski definition) is 1. The summed E-state index contributed by atoms with van der Waals surface area (Å²) in [6.07, 6.45) is 0.532. The number of thiophene rings is 1. The van der Waals surface area contributed by atoms with Gasteiger partial charge in [-0.1, -0.05) is 60.3 Å². The number of nitrogens with zero attached hydrogens (tertiary/aromatic N) is 5. The fraction of sp³-hybridized carbons (Fsp3) is 0.229. The molecule has 0 fully saturated rings. The molecule has 3 heterocycles. The zero-order valence-corrected chi connectivity index (χ0v) is 28.1. The number of hydrazone groups is 1. The molecule has 2 amide bonds. The van der Waals surface area contributed by atoms with E-state index in [0.29, 0.717) is 34.5 Å². The van der Waals surface area contributed by atoms with Crippen LogP contribution in [0.3, 0.4) is 0 Å². The van der Waals surface area contributed by atoms with Gasteiger partial charge in [0.25, 0.3) is 11.8 Å². The Morgan fingerprint density at radius 2 is 1.81 bits per heavy atom. The minimum atomic E-state index is -0.383. The molecule has 1 aliphatic rings. The van der Waals surface area contributed by atoms with Crippen molar-refractivity contribution in [2.24, 2.45) is 5.10 Å². The minimum Gasteiger partial charge on any atom is -0.493 e. The quantitative estimate of drug-likeness (QED) is 0.163. The third-order valence-corrected chi connectivity index (χ3v) is 9.67. The van der Waals surface area contributed by atoms with Crippen molar-refractivity contribution in [2.75, 3.05) is 20.0 Å². The Labute approximate surface area is 281 Å². The van der Waals surface area contributed by atoms with Gasteiger partial charge < -0.3 is 14.8 Å². The molecular weight excluding hydrogens is 633 g/mol. The van der Waals surface area contributed by atoms with E-state index in [1.807, 2.05) is 84.5 Å². The van der Waals surface area contributed by atoms with Crippen molar-refractivity contribution in [3.8, 4) is 17.2 Å². The molecule has 10 nitrogen and oxygen atoms in total. The van der Waals surface area contributed by atoms with E-state index in [1.165, 1.54) is 11.8 Å². The number of carbonyl (C=O) groups excluding carboxylic acids is 2. The van der Waals surface area contributed by atoms with Gasteiger partial charge in [0.05, 0.1) is 48.8 Å². The topological polar surface area (TPSA) is 111 Å². The Bertz CT molecular complexity index is 1920. The largest absolute Gasteiger partial charge is 0.493 e. The maximum absolute atomic E-state index is 14.0. The van der Waals surface area contributed by atoms with Gasteiger partial charge in [-0.3, -0.25) is 14.2 Å². The van der Waals surface area contributed by atoms with Crippen LogP contribution in [0, 0.1) is 13.8 Å². The van der Waals surface area contributed by atoms with Crippen LogP contribution in [-0.2, 0) is 11.3 Å². The highest BCUT2D eigenvalue weighted by molar-refractivity contribution is 7.99. The van der Waals surface area contributed by atoms with Crippen LogP contribution in [0.2, 0.25) is 0 Å². The van der Waals surface area contributed by atoms with E-state index < -0.39 is 0 Å². The van der Waals surface area contributed by atoms with Crippen molar-refractivity contribution >= 4 is 40.6 Å². The predicted molar refractivity (Wildman–Crippen MR) is 184 cm³/mol. The number of benzene rings is 3. The second-order valence-electron chi connectivity index (χ2n) is 10.9. The van der Waals surface area contributed by atoms with Crippen LogP contribution in [0.1, 0.15) is 50.2 Å². The first-order valence-corrected chi connectivity index (χ1v) is 16.9. The molecule has 0 aliphatic carbocycles. The Balaban J connectivity index is 1.29. The Kier molecular flexibility index (Phi) is 9.69. The highest BCUT2D eigenvalue weighted by Crippen LogP contribution is 2.42. The van der Waals surface area contributed by atoms with Gasteiger partial charge in [-0.05, 0) is 60.7 Å². The molecular formula is C35H34N6O4S2. The number of aryl methyl sites for hydroxylation is 2. The fourth-order valence-electron chi connectivity index (χ4n) is 5.50. The first kappa shape index (κ1) is 32.0. The van der Waals surface area contributed by atoms with Crippen LogP contribution in [-0.4, -0.2) is 57.3 Å². The van der Waals surface area contributed by atoms with Gasteiger partial charge in [0.1, 0.15) is 0 Å². The second-order valence-corrected chi connectivity index (χ2v) is 12.8. The summed E-state index contributed by atoms with van der Waals surface area (Å²) < 4.78 is 13.2. The molecule has 1 N–H and O–H groups in total. The number of nitrogens with one attached hydrogen (secondary N) is 1. The summed E-state index contributed by atoms with van der Waals surface area (Å²) in [5.74, 6) is 1.37. The van der Waals surface area contributed by atoms with Gasteiger partial charge in [0.15, 0.2) is 22.5 Å². The summed E-state index contributed by atoms with van der Waals surface area (Å²) in [6.45, 7) is 4.18. The molecule has 1 atom stereocenters. The number of rotatable bonds is 11. The molecule has 0 unspecified atom stereocenters. The lowest BCUT2D eigenvalue weighted by atomic mass is 9.99. The second kappa shape index (κ2) is 14.2. The van der Waals surface area contributed by atoms with Crippen LogP contribution in [0.5, 0.6) is 11.5 Å². The van der Waals surface area contributed by atoms with Crippen molar-refractivity contribution < 1.29 is 19.1 Å². The SMILES string of the molecule is COc1cccc([C@H]2CC(c3cccs3)=NN2C(=O)CSc2nnc(CNC(=O)c3ccccc3)n2-c2cc(C)ccc2C)c1OC. The average molecular weight is 667 g/mol. The maximum atomic E-state index is 14.0. The molecule has 12 heteroatoms. The molecule has 47 heavy (non-hydrogen) atoms. The first-order valence-electron chi connectivity index (χ1n) is 15.0. The monoisotopic (exact) mass is 666 g/mol. The zero-order valence-electron chi connectivity index (χ0n) is 26.5. The predicted octanol–water partition coefficient (Wildman–Crippen LogP) is 6.36. The van der Waals surface area contributed by atoms with Gasteiger partial charge >= 0.3 is 0 Å². The summed E-state index contributed by atoms with van der Waals surface area (Å²) in [5.41, 5.74) is 5.16. The molecule has 240 valence electrons. The lowest BCUT2D eigenvalue weighted by Gasteiger charge is -2.24. The van der Waals surface area contributed by atoms with Crippen molar-refractivity contribution in [2.45, 2.75) is 38.0 Å². The number of carbonyl (C=O) groups is 2. The third kappa shape index (κ3) is 6.79. The van der Waals surface area contributed by atoms with Gasteiger partial charge in [-0.15, -0.1) is 21.5 Å². The van der Waals surface area contributed by atoms with Gasteiger partial charge in [-0.25, -0.2) is 5.01 Å². The molecule has 0 radical (unpaired) electrons. The number of aromatic nitrogens is 3. The molecule has 2 aromatic heterocycles. The Morgan fingerprint density at radius 3 is 2.55 bits per heavy atom.